The van der Waals surface area contributed by atoms with E-state index < -0.39 is 13.3 Å². The highest BCUT2D eigenvalue weighted by molar-refractivity contribution is 7.54. The number of phenolic OH excluding ortho intramolecular Hbond substituents is 1. The SMILES string of the molecule is CCOc1cc(C(CNc2ccc(C)nc2C)P(=O)(OC(C)C)OC(C)C)cc(C)c1O. The van der Waals surface area contributed by atoms with Crippen LogP contribution in [0.3, 0.4) is 0 Å². The van der Waals surface area contributed by atoms with Gasteiger partial charge in [-0.1, -0.05) is 6.07 Å². The van der Waals surface area contributed by atoms with Crippen molar-refractivity contribution in [1.29, 1.82) is 0 Å². The third-order valence-electron chi connectivity index (χ3n) is 4.78. The zero-order chi connectivity index (χ0) is 24.1. The van der Waals surface area contributed by atoms with Gasteiger partial charge in [0.25, 0.3) is 0 Å². The third kappa shape index (κ3) is 6.71. The van der Waals surface area contributed by atoms with E-state index in [0.29, 0.717) is 23.5 Å². The second-order valence-electron chi connectivity index (χ2n) is 8.45. The number of aromatic nitrogens is 1. The van der Waals surface area contributed by atoms with Crippen LogP contribution in [0.15, 0.2) is 24.3 Å². The van der Waals surface area contributed by atoms with Gasteiger partial charge in [-0.15, -0.1) is 0 Å². The van der Waals surface area contributed by atoms with Crippen molar-refractivity contribution in [2.75, 3.05) is 18.5 Å². The van der Waals surface area contributed by atoms with Gasteiger partial charge in [-0.3, -0.25) is 9.55 Å². The van der Waals surface area contributed by atoms with Crippen LogP contribution in [-0.4, -0.2) is 35.5 Å². The van der Waals surface area contributed by atoms with Crippen molar-refractivity contribution in [3.8, 4) is 11.5 Å². The first kappa shape index (κ1) is 26.2. The molecule has 2 aromatic rings. The second-order valence-corrected chi connectivity index (χ2v) is 10.6. The van der Waals surface area contributed by atoms with Crippen molar-refractivity contribution in [2.24, 2.45) is 0 Å². The number of hydrogen-bond donors (Lipinski definition) is 2. The van der Waals surface area contributed by atoms with Crippen molar-refractivity contribution in [3.63, 3.8) is 0 Å². The minimum atomic E-state index is -3.62. The number of phenols is 1. The average Bonchev–Trinajstić information content (AvgIpc) is 2.66. The van der Waals surface area contributed by atoms with E-state index in [-0.39, 0.29) is 24.5 Å². The lowest BCUT2D eigenvalue weighted by Crippen LogP contribution is -2.20. The Bertz CT molecular complexity index is 948. The Morgan fingerprint density at radius 3 is 2.22 bits per heavy atom. The molecule has 0 radical (unpaired) electrons. The Balaban J connectivity index is 2.56. The quantitative estimate of drug-likeness (QED) is 0.377. The monoisotopic (exact) mass is 464 g/mol. The number of aryl methyl sites for hydroxylation is 3. The fourth-order valence-corrected chi connectivity index (χ4v) is 5.83. The molecule has 0 saturated heterocycles. The number of nitrogens with zero attached hydrogens (tertiary/aromatic N) is 1. The largest absolute Gasteiger partial charge is 0.504 e. The summed E-state index contributed by atoms with van der Waals surface area (Å²) in [5.74, 6) is 0.423. The van der Waals surface area contributed by atoms with Gasteiger partial charge in [-0.05, 0) is 84.7 Å². The molecule has 2 N–H and O–H groups in total. The fourth-order valence-electron chi connectivity index (χ4n) is 3.48. The summed E-state index contributed by atoms with van der Waals surface area (Å²) < 4.78 is 31.7. The van der Waals surface area contributed by atoms with Gasteiger partial charge in [0.15, 0.2) is 11.5 Å². The number of rotatable bonds is 11. The highest BCUT2D eigenvalue weighted by atomic mass is 31.2. The van der Waals surface area contributed by atoms with Gasteiger partial charge < -0.3 is 24.2 Å². The Kier molecular flexibility index (Phi) is 9.14. The lowest BCUT2D eigenvalue weighted by Gasteiger charge is -2.31. The Morgan fingerprint density at radius 2 is 1.69 bits per heavy atom. The van der Waals surface area contributed by atoms with Gasteiger partial charge in [0.2, 0.25) is 0 Å². The molecule has 1 unspecified atom stereocenters. The summed E-state index contributed by atoms with van der Waals surface area (Å²) in [6.45, 7) is 15.5. The van der Waals surface area contributed by atoms with Crippen LogP contribution in [-0.2, 0) is 13.6 Å². The molecule has 0 aliphatic carbocycles. The van der Waals surface area contributed by atoms with E-state index in [2.05, 4.69) is 10.3 Å². The van der Waals surface area contributed by atoms with Crippen LogP contribution in [0.5, 0.6) is 11.5 Å². The fraction of sp³-hybridized carbons (Fsp3) is 0.542. The van der Waals surface area contributed by atoms with E-state index in [0.717, 1.165) is 17.1 Å². The van der Waals surface area contributed by atoms with Crippen LogP contribution in [0.4, 0.5) is 5.69 Å². The summed E-state index contributed by atoms with van der Waals surface area (Å²) in [6, 6.07) is 7.42. The molecule has 1 aromatic heterocycles. The zero-order valence-corrected chi connectivity index (χ0v) is 21.3. The van der Waals surface area contributed by atoms with Gasteiger partial charge in [-0.2, -0.15) is 0 Å². The predicted molar refractivity (Wildman–Crippen MR) is 129 cm³/mol. The molecule has 0 saturated carbocycles. The highest BCUT2D eigenvalue weighted by Crippen LogP contribution is 2.63. The summed E-state index contributed by atoms with van der Waals surface area (Å²) in [5.41, 5.74) is 3.33. The van der Waals surface area contributed by atoms with Crippen molar-refractivity contribution in [3.05, 3.63) is 46.8 Å². The van der Waals surface area contributed by atoms with Crippen LogP contribution >= 0.6 is 7.60 Å². The lowest BCUT2D eigenvalue weighted by molar-refractivity contribution is 0.137. The summed E-state index contributed by atoms with van der Waals surface area (Å²) in [6.07, 6.45) is -0.594. The van der Waals surface area contributed by atoms with Crippen molar-refractivity contribution in [1.82, 2.24) is 4.98 Å². The maximum Gasteiger partial charge on any atom is 0.340 e. The Labute approximate surface area is 192 Å². The smallest absolute Gasteiger partial charge is 0.340 e. The van der Waals surface area contributed by atoms with E-state index in [1.54, 1.807) is 13.0 Å². The maximum atomic E-state index is 14.2. The predicted octanol–water partition coefficient (Wildman–Crippen LogP) is 6.31. The number of anilines is 1. The van der Waals surface area contributed by atoms with E-state index in [4.69, 9.17) is 13.8 Å². The van der Waals surface area contributed by atoms with Gasteiger partial charge in [0.1, 0.15) is 5.66 Å². The number of nitrogens with one attached hydrogen (secondary N) is 1. The second kappa shape index (κ2) is 11.2. The molecule has 178 valence electrons. The Morgan fingerprint density at radius 1 is 1.06 bits per heavy atom. The van der Waals surface area contributed by atoms with E-state index in [1.807, 2.05) is 66.7 Å². The average molecular weight is 465 g/mol. The number of ether oxygens (including phenoxy) is 1. The molecule has 0 aliphatic rings. The number of pyridine rings is 1. The number of hydrogen-bond acceptors (Lipinski definition) is 7. The first-order chi connectivity index (χ1) is 15.0. The van der Waals surface area contributed by atoms with Crippen LogP contribution in [0.25, 0.3) is 0 Å². The first-order valence-electron chi connectivity index (χ1n) is 11.1. The molecular formula is C24H37N2O5P. The molecule has 1 heterocycles. The number of benzene rings is 1. The van der Waals surface area contributed by atoms with Crippen LogP contribution in [0.1, 0.15) is 62.8 Å². The maximum absolute atomic E-state index is 14.2. The summed E-state index contributed by atoms with van der Waals surface area (Å²) in [5, 5.41) is 13.8. The topological polar surface area (TPSA) is 89.9 Å². The molecule has 7 nitrogen and oxygen atoms in total. The van der Waals surface area contributed by atoms with Crippen LogP contribution in [0.2, 0.25) is 0 Å². The highest BCUT2D eigenvalue weighted by Gasteiger charge is 2.40. The van der Waals surface area contributed by atoms with Crippen molar-refractivity contribution < 1.29 is 23.5 Å². The van der Waals surface area contributed by atoms with Gasteiger partial charge in [0, 0.05) is 12.2 Å². The van der Waals surface area contributed by atoms with Crippen LogP contribution < -0.4 is 10.1 Å². The lowest BCUT2D eigenvalue weighted by atomic mass is 10.1. The Hall–Kier alpha value is -2.08. The van der Waals surface area contributed by atoms with E-state index in [9.17, 15) is 9.67 Å². The molecule has 2 rings (SSSR count). The molecule has 0 fully saturated rings. The van der Waals surface area contributed by atoms with E-state index in [1.165, 1.54) is 0 Å². The standard InChI is InChI=1S/C24H37N2O5P/c1-9-29-22-13-20(12-17(6)24(22)27)23(32(28,30-15(2)3)31-16(4)5)14-25-21-11-10-18(7)26-19(21)8/h10-13,15-16,23,25,27H,9,14H2,1-8H3. The van der Waals surface area contributed by atoms with Crippen molar-refractivity contribution >= 4 is 13.3 Å². The summed E-state index contributed by atoms with van der Waals surface area (Å²) >= 11 is 0. The molecular weight excluding hydrogens is 427 g/mol. The normalized spacial score (nSPS) is 12.9. The molecule has 1 atom stereocenters. The molecule has 0 bridgehead atoms. The molecule has 32 heavy (non-hydrogen) atoms. The molecule has 0 amide bonds. The minimum Gasteiger partial charge on any atom is -0.504 e. The molecule has 8 heteroatoms. The van der Waals surface area contributed by atoms with Gasteiger partial charge in [0.05, 0.1) is 30.2 Å². The van der Waals surface area contributed by atoms with Crippen molar-refractivity contribution in [2.45, 2.75) is 73.3 Å². The molecule has 0 spiro atoms. The first-order valence-corrected chi connectivity index (χ1v) is 12.7. The minimum absolute atomic E-state index is 0.0743. The summed E-state index contributed by atoms with van der Waals surface area (Å²) in [4.78, 5) is 4.50. The van der Waals surface area contributed by atoms with Gasteiger partial charge in [-0.25, -0.2) is 0 Å². The van der Waals surface area contributed by atoms with Gasteiger partial charge >= 0.3 is 7.60 Å². The number of aromatic hydroxyl groups is 1. The molecule has 0 aliphatic heterocycles. The van der Waals surface area contributed by atoms with Crippen LogP contribution in [0, 0.1) is 20.8 Å². The third-order valence-corrected chi connectivity index (χ3v) is 7.46. The van der Waals surface area contributed by atoms with E-state index >= 15 is 0 Å². The molecule has 1 aromatic carbocycles. The zero-order valence-electron chi connectivity index (χ0n) is 20.4. The summed E-state index contributed by atoms with van der Waals surface area (Å²) in [7, 11) is -3.62.